The zero-order chi connectivity index (χ0) is 15.6. The zero-order valence-corrected chi connectivity index (χ0v) is 10.7. The average Bonchev–Trinajstić information content (AvgIpc) is 2.40. The van der Waals surface area contributed by atoms with E-state index < -0.39 is 15.5 Å². The summed E-state index contributed by atoms with van der Waals surface area (Å²) >= 11 is 0. The number of ether oxygens (including phenoxy) is 1. The van der Waals surface area contributed by atoms with Gasteiger partial charge in [0.15, 0.2) is 0 Å². The van der Waals surface area contributed by atoms with Gasteiger partial charge in [-0.3, -0.25) is 20.2 Å². The first-order valence-electron chi connectivity index (χ1n) is 5.58. The van der Waals surface area contributed by atoms with Gasteiger partial charge >= 0.3 is 11.6 Å². The first-order valence-corrected chi connectivity index (χ1v) is 5.58. The number of hydrogen-bond acceptors (Lipinski definition) is 8. The van der Waals surface area contributed by atoms with E-state index in [4.69, 9.17) is 10.5 Å². The van der Waals surface area contributed by atoms with Gasteiger partial charge in [-0.05, 0) is 13.0 Å². The topological polar surface area (TPSA) is 147 Å². The summed E-state index contributed by atoms with van der Waals surface area (Å²) in [5, 5.41) is 21.8. The van der Waals surface area contributed by atoms with Gasteiger partial charge in [-0.1, -0.05) is 6.07 Å². The van der Waals surface area contributed by atoms with Gasteiger partial charge in [0.05, 0.1) is 15.4 Å². The molecule has 1 heterocycles. The van der Waals surface area contributed by atoms with Gasteiger partial charge in [-0.15, -0.1) is 0 Å². The number of rotatable bonds is 4. The maximum atomic E-state index is 11.0. The molecule has 2 rings (SSSR count). The number of anilines is 1. The smallest absolute Gasteiger partial charge is 0.372 e. The fourth-order valence-electron chi connectivity index (χ4n) is 1.64. The highest BCUT2D eigenvalue weighted by molar-refractivity contribution is 5.59. The number of nitro groups is 2. The summed E-state index contributed by atoms with van der Waals surface area (Å²) in [5.74, 6) is -0.658. The van der Waals surface area contributed by atoms with Gasteiger partial charge in [-0.25, -0.2) is 4.98 Å². The van der Waals surface area contributed by atoms with Crippen molar-refractivity contribution in [1.82, 2.24) is 9.97 Å². The Bertz CT molecular complexity index is 733. The van der Waals surface area contributed by atoms with Crippen molar-refractivity contribution in [1.29, 1.82) is 0 Å². The second-order valence-electron chi connectivity index (χ2n) is 3.93. The van der Waals surface area contributed by atoms with Crippen molar-refractivity contribution < 1.29 is 14.6 Å². The van der Waals surface area contributed by atoms with E-state index in [0.717, 1.165) is 6.33 Å². The summed E-state index contributed by atoms with van der Waals surface area (Å²) in [7, 11) is 0. The van der Waals surface area contributed by atoms with Crippen molar-refractivity contribution in [2.75, 3.05) is 5.73 Å². The standard InChI is InChI=1S/C11H9N5O5/c1-6-7(15(17)18)3-2-4-8(6)21-11-9(16(19)20)10(12)13-5-14-11/h2-5H,1H3,(H2,12,13,14). The molecule has 1 aromatic carbocycles. The van der Waals surface area contributed by atoms with Crippen LogP contribution in [0.1, 0.15) is 5.56 Å². The van der Waals surface area contributed by atoms with E-state index in [1.54, 1.807) is 0 Å². The fourth-order valence-corrected chi connectivity index (χ4v) is 1.64. The number of benzene rings is 1. The molecule has 0 atom stereocenters. The largest absolute Gasteiger partial charge is 0.433 e. The molecule has 1 aromatic heterocycles. The average molecular weight is 291 g/mol. The van der Waals surface area contributed by atoms with Gasteiger partial charge in [0.2, 0.25) is 5.82 Å². The summed E-state index contributed by atoms with van der Waals surface area (Å²) in [5.41, 5.74) is 4.86. The third-order valence-corrected chi connectivity index (χ3v) is 2.66. The Morgan fingerprint density at radius 2 is 1.90 bits per heavy atom. The Morgan fingerprint density at radius 3 is 2.52 bits per heavy atom. The zero-order valence-electron chi connectivity index (χ0n) is 10.7. The minimum absolute atomic E-state index is 0.0744. The van der Waals surface area contributed by atoms with Crippen molar-refractivity contribution in [3.8, 4) is 11.6 Å². The van der Waals surface area contributed by atoms with Crippen LogP contribution in [0.15, 0.2) is 24.5 Å². The molecule has 0 saturated carbocycles. The van der Waals surface area contributed by atoms with Gasteiger partial charge in [-0.2, -0.15) is 4.98 Å². The number of nitrogens with two attached hydrogens (primary N) is 1. The molecule has 0 aliphatic rings. The van der Waals surface area contributed by atoms with Crippen LogP contribution in [0.4, 0.5) is 17.2 Å². The Balaban J connectivity index is 2.49. The highest BCUT2D eigenvalue weighted by atomic mass is 16.6. The minimum atomic E-state index is -0.780. The van der Waals surface area contributed by atoms with Crippen molar-refractivity contribution in [3.63, 3.8) is 0 Å². The summed E-state index contributed by atoms with van der Waals surface area (Å²) in [4.78, 5) is 27.6. The molecule has 2 aromatic rings. The summed E-state index contributed by atoms with van der Waals surface area (Å²) in [6.45, 7) is 1.46. The van der Waals surface area contributed by atoms with Crippen molar-refractivity contribution >= 4 is 17.2 Å². The van der Waals surface area contributed by atoms with Crippen LogP contribution in [0.3, 0.4) is 0 Å². The van der Waals surface area contributed by atoms with E-state index >= 15 is 0 Å². The predicted octanol–water partition coefficient (Wildman–Crippen LogP) is 1.98. The van der Waals surface area contributed by atoms with Crippen molar-refractivity contribution in [2.24, 2.45) is 0 Å². The Kier molecular flexibility index (Phi) is 3.61. The van der Waals surface area contributed by atoms with Crippen LogP contribution in [0.25, 0.3) is 0 Å². The Morgan fingerprint density at radius 1 is 1.19 bits per heavy atom. The van der Waals surface area contributed by atoms with Crippen LogP contribution in [0, 0.1) is 27.2 Å². The van der Waals surface area contributed by atoms with E-state index in [1.165, 1.54) is 25.1 Å². The monoisotopic (exact) mass is 291 g/mol. The van der Waals surface area contributed by atoms with Gasteiger partial charge in [0, 0.05) is 6.07 Å². The quantitative estimate of drug-likeness (QED) is 0.663. The summed E-state index contributed by atoms with van der Waals surface area (Å²) < 4.78 is 5.30. The molecule has 2 N–H and O–H groups in total. The van der Waals surface area contributed by atoms with Gasteiger partial charge in [0.25, 0.3) is 5.69 Å². The maximum Gasteiger partial charge on any atom is 0.372 e. The molecular weight excluding hydrogens is 282 g/mol. The number of nitro benzene ring substituents is 1. The molecule has 21 heavy (non-hydrogen) atoms. The molecule has 0 spiro atoms. The van der Waals surface area contributed by atoms with Crippen molar-refractivity contribution in [2.45, 2.75) is 6.92 Å². The second-order valence-corrected chi connectivity index (χ2v) is 3.93. The molecule has 0 radical (unpaired) electrons. The lowest BCUT2D eigenvalue weighted by Crippen LogP contribution is -2.03. The summed E-state index contributed by atoms with van der Waals surface area (Å²) in [6.07, 6.45) is 1.00. The third kappa shape index (κ3) is 2.68. The lowest BCUT2D eigenvalue weighted by atomic mass is 10.2. The summed E-state index contributed by atoms with van der Waals surface area (Å²) in [6, 6.07) is 4.13. The molecular formula is C11H9N5O5. The molecule has 0 aliphatic carbocycles. The third-order valence-electron chi connectivity index (χ3n) is 2.66. The fraction of sp³-hybridized carbons (Fsp3) is 0.0909. The van der Waals surface area contributed by atoms with E-state index in [0.29, 0.717) is 0 Å². The molecule has 0 saturated heterocycles. The number of nitrogens with zero attached hydrogens (tertiary/aromatic N) is 4. The second kappa shape index (κ2) is 5.36. The Labute approximate surface area is 117 Å². The van der Waals surface area contributed by atoms with E-state index in [1.807, 2.05) is 0 Å². The van der Waals surface area contributed by atoms with Crippen LogP contribution >= 0.6 is 0 Å². The number of aromatic nitrogens is 2. The maximum absolute atomic E-state index is 11.0. The first kappa shape index (κ1) is 14.1. The van der Waals surface area contributed by atoms with E-state index in [9.17, 15) is 20.2 Å². The highest BCUT2D eigenvalue weighted by Crippen LogP contribution is 2.35. The SMILES string of the molecule is Cc1c(Oc2ncnc(N)c2[N+](=O)[O-])cccc1[N+](=O)[O-]. The molecule has 10 nitrogen and oxygen atoms in total. The van der Waals surface area contributed by atoms with Crippen LogP contribution in [0.5, 0.6) is 11.6 Å². The molecule has 0 amide bonds. The molecule has 0 fully saturated rings. The molecule has 108 valence electrons. The predicted molar refractivity (Wildman–Crippen MR) is 71.0 cm³/mol. The van der Waals surface area contributed by atoms with Crippen molar-refractivity contribution in [3.05, 3.63) is 50.3 Å². The lowest BCUT2D eigenvalue weighted by molar-refractivity contribution is -0.386. The van der Waals surface area contributed by atoms with Gasteiger partial charge in [0.1, 0.15) is 12.1 Å². The Hall–Kier alpha value is -3.30. The normalized spacial score (nSPS) is 10.1. The first-order chi connectivity index (χ1) is 9.91. The minimum Gasteiger partial charge on any atom is -0.433 e. The van der Waals surface area contributed by atoms with E-state index in [-0.39, 0.29) is 28.7 Å². The highest BCUT2D eigenvalue weighted by Gasteiger charge is 2.24. The van der Waals surface area contributed by atoms with Crippen LogP contribution in [-0.2, 0) is 0 Å². The number of hydrogen-bond donors (Lipinski definition) is 1. The van der Waals surface area contributed by atoms with Gasteiger partial charge < -0.3 is 10.5 Å². The van der Waals surface area contributed by atoms with Crippen LogP contribution < -0.4 is 10.5 Å². The van der Waals surface area contributed by atoms with E-state index in [2.05, 4.69) is 9.97 Å². The van der Waals surface area contributed by atoms with Crippen LogP contribution in [0.2, 0.25) is 0 Å². The lowest BCUT2D eigenvalue weighted by Gasteiger charge is -2.08. The molecule has 0 aliphatic heterocycles. The van der Waals surface area contributed by atoms with Crippen LogP contribution in [-0.4, -0.2) is 19.8 Å². The number of nitrogen functional groups attached to an aromatic ring is 1. The molecule has 0 bridgehead atoms. The molecule has 10 heteroatoms. The molecule has 0 unspecified atom stereocenters.